The van der Waals surface area contributed by atoms with Crippen LogP contribution in [-0.2, 0) is 22.9 Å². The molecule has 6 heteroatoms. The molecule has 0 aliphatic rings. The molecule has 3 rings (SSSR count). The summed E-state index contributed by atoms with van der Waals surface area (Å²) in [6.45, 7) is 2.18. The first-order chi connectivity index (χ1) is 11.5. The van der Waals surface area contributed by atoms with Gasteiger partial charge in [0.25, 0.3) is 0 Å². The van der Waals surface area contributed by atoms with Gasteiger partial charge in [0.1, 0.15) is 5.52 Å². The topological polar surface area (TPSA) is 72.2 Å². The maximum Gasteiger partial charge on any atom is 0.211 e. The minimum Gasteiger partial charge on any atom is -0.441 e. The van der Waals surface area contributed by atoms with Crippen LogP contribution in [0.5, 0.6) is 0 Å². The molecular weight excluding hydrogens is 324 g/mol. The Bertz CT molecular complexity index is 918. The third-order valence-corrected chi connectivity index (χ3v) is 5.18. The van der Waals surface area contributed by atoms with Gasteiger partial charge in [-0.15, -0.1) is 0 Å². The highest BCUT2D eigenvalue weighted by Crippen LogP contribution is 2.16. The molecule has 0 saturated carbocycles. The van der Waals surface area contributed by atoms with Crippen LogP contribution in [0.15, 0.2) is 52.9 Å². The first-order valence-electron chi connectivity index (χ1n) is 7.89. The zero-order valence-electron chi connectivity index (χ0n) is 13.5. The zero-order chi connectivity index (χ0) is 17.0. The van der Waals surface area contributed by atoms with Gasteiger partial charge in [-0.25, -0.2) is 18.1 Å². The van der Waals surface area contributed by atoms with Crippen molar-refractivity contribution < 1.29 is 12.8 Å². The molecule has 0 spiro atoms. The third kappa shape index (κ3) is 4.43. The van der Waals surface area contributed by atoms with E-state index >= 15 is 0 Å². The van der Waals surface area contributed by atoms with Crippen molar-refractivity contribution in [2.75, 3.05) is 12.3 Å². The third-order valence-electron chi connectivity index (χ3n) is 3.80. The Hall–Kier alpha value is -2.18. The number of aromatic nitrogens is 1. The number of nitrogens with zero attached hydrogens (tertiary/aromatic N) is 1. The smallest absolute Gasteiger partial charge is 0.211 e. The Morgan fingerprint density at radius 1 is 1.04 bits per heavy atom. The molecule has 0 aliphatic carbocycles. The number of hydrogen-bond donors (Lipinski definition) is 1. The maximum atomic E-state index is 12.1. The molecule has 0 bridgehead atoms. The van der Waals surface area contributed by atoms with Crippen molar-refractivity contribution in [3.8, 4) is 0 Å². The van der Waals surface area contributed by atoms with E-state index in [4.69, 9.17) is 4.42 Å². The molecule has 0 saturated heterocycles. The van der Waals surface area contributed by atoms with Gasteiger partial charge in [0.15, 0.2) is 11.5 Å². The van der Waals surface area contributed by atoms with Crippen LogP contribution in [0.25, 0.3) is 11.1 Å². The van der Waals surface area contributed by atoms with E-state index in [2.05, 4.69) is 9.71 Å². The van der Waals surface area contributed by atoms with E-state index in [0.29, 0.717) is 25.3 Å². The molecule has 24 heavy (non-hydrogen) atoms. The van der Waals surface area contributed by atoms with E-state index in [0.717, 1.165) is 22.2 Å². The predicted molar refractivity (Wildman–Crippen MR) is 94.4 cm³/mol. The van der Waals surface area contributed by atoms with E-state index in [1.807, 2.05) is 48.5 Å². The number of oxazole rings is 1. The number of rotatable bonds is 7. The van der Waals surface area contributed by atoms with Gasteiger partial charge in [0.05, 0.1) is 5.75 Å². The molecule has 0 amide bonds. The van der Waals surface area contributed by atoms with Gasteiger partial charge in [-0.1, -0.05) is 36.4 Å². The van der Waals surface area contributed by atoms with E-state index in [9.17, 15) is 8.42 Å². The summed E-state index contributed by atoms with van der Waals surface area (Å²) in [6, 6.07) is 15.4. The number of hydrogen-bond acceptors (Lipinski definition) is 4. The SMILES string of the molecule is Cc1nc2cc(CCNS(=O)(=O)CCc3ccccc3)ccc2o1. The van der Waals surface area contributed by atoms with Crippen molar-refractivity contribution in [1.29, 1.82) is 0 Å². The van der Waals surface area contributed by atoms with Crippen molar-refractivity contribution >= 4 is 21.1 Å². The van der Waals surface area contributed by atoms with Crippen LogP contribution in [0.2, 0.25) is 0 Å². The maximum absolute atomic E-state index is 12.1. The first-order valence-corrected chi connectivity index (χ1v) is 9.54. The highest BCUT2D eigenvalue weighted by molar-refractivity contribution is 7.89. The standard InChI is InChI=1S/C18H20N2O3S/c1-14-20-17-13-16(7-8-18(17)23-14)9-11-19-24(21,22)12-10-15-5-3-2-4-6-15/h2-8,13,19H,9-12H2,1H3. The minimum atomic E-state index is -3.27. The monoisotopic (exact) mass is 344 g/mol. The lowest BCUT2D eigenvalue weighted by atomic mass is 10.1. The molecule has 0 radical (unpaired) electrons. The average molecular weight is 344 g/mol. The van der Waals surface area contributed by atoms with Crippen molar-refractivity contribution in [2.24, 2.45) is 0 Å². The lowest BCUT2D eigenvalue weighted by Crippen LogP contribution is -2.29. The van der Waals surface area contributed by atoms with Crippen molar-refractivity contribution in [3.05, 3.63) is 65.5 Å². The van der Waals surface area contributed by atoms with E-state index in [1.54, 1.807) is 6.92 Å². The number of sulfonamides is 1. The zero-order valence-corrected chi connectivity index (χ0v) is 14.3. The molecule has 1 aromatic heterocycles. The average Bonchev–Trinajstić information content (AvgIpc) is 2.93. The second kappa shape index (κ2) is 7.15. The van der Waals surface area contributed by atoms with E-state index < -0.39 is 10.0 Å². The lowest BCUT2D eigenvalue weighted by molar-refractivity contribution is 0.561. The van der Waals surface area contributed by atoms with Crippen LogP contribution in [0.3, 0.4) is 0 Å². The Morgan fingerprint density at radius 3 is 2.62 bits per heavy atom. The molecule has 3 aromatic rings. The van der Waals surface area contributed by atoms with Gasteiger partial charge in [0.2, 0.25) is 10.0 Å². The van der Waals surface area contributed by atoms with Crippen LogP contribution in [0.4, 0.5) is 0 Å². The van der Waals surface area contributed by atoms with Gasteiger partial charge in [0, 0.05) is 13.5 Å². The molecule has 1 N–H and O–H groups in total. The summed E-state index contributed by atoms with van der Waals surface area (Å²) in [6.07, 6.45) is 1.13. The summed E-state index contributed by atoms with van der Waals surface area (Å²) in [5.41, 5.74) is 3.60. The molecule has 1 heterocycles. The highest BCUT2D eigenvalue weighted by atomic mass is 32.2. The molecule has 0 atom stereocenters. The first kappa shape index (κ1) is 16.7. The normalized spacial score (nSPS) is 11.9. The second-order valence-electron chi connectivity index (χ2n) is 5.73. The summed E-state index contributed by atoms with van der Waals surface area (Å²) in [4.78, 5) is 4.29. The fourth-order valence-electron chi connectivity index (χ4n) is 2.56. The molecule has 5 nitrogen and oxygen atoms in total. The molecule has 0 unspecified atom stereocenters. The van der Waals surface area contributed by atoms with Crippen LogP contribution in [0.1, 0.15) is 17.0 Å². The fourth-order valence-corrected chi connectivity index (χ4v) is 3.63. The number of fused-ring (bicyclic) bond motifs is 1. The van der Waals surface area contributed by atoms with Crippen molar-refractivity contribution in [2.45, 2.75) is 19.8 Å². The van der Waals surface area contributed by atoms with E-state index in [-0.39, 0.29) is 5.75 Å². The summed E-state index contributed by atoms with van der Waals surface area (Å²) in [5.74, 6) is 0.724. The predicted octanol–water partition coefficient (Wildman–Crippen LogP) is 2.84. The second-order valence-corrected chi connectivity index (χ2v) is 7.66. The number of aryl methyl sites for hydroxylation is 2. The molecule has 2 aromatic carbocycles. The summed E-state index contributed by atoms with van der Waals surface area (Å²) in [7, 11) is -3.27. The Balaban J connectivity index is 1.52. The molecule has 0 aliphatic heterocycles. The molecule has 0 fully saturated rings. The summed E-state index contributed by atoms with van der Waals surface area (Å²) < 4.78 is 32.2. The highest BCUT2D eigenvalue weighted by Gasteiger charge is 2.10. The lowest BCUT2D eigenvalue weighted by Gasteiger charge is -2.07. The quantitative estimate of drug-likeness (QED) is 0.715. The van der Waals surface area contributed by atoms with Gasteiger partial charge < -0.3 is 4.42 Å². The van der Waals surface area contributed by atoms with Gasteiger partial charge >= 0.3 is 0 Å². The van der Waals surface area contributed by atoms with Crippen molar-refractivity contribution in [1.82, 2.24) is 9.71 Å². The van der Waals surface area contributed by atoms with Gasteiger partial charge in [-0.05, 0) is 36.1 Å². The summed E-state index contributed by atoms with van der Waals surface area (Å²) >= 11 is 0. The minimum absolute atomic E-state index is 0.0958. The molecular formula is C18H20N2O3S. The van der Waals surface area contributed by atoms with Crippen LogP contribution < -0.4 is 4.72 Å². The number of benzene rings is 2. The van der Waals surface area contributed by atoms with Crippen LogP contribution in [0, 0.1) is 6.92 Å². The largest absolute Gasteiger partial charge is 0.441 e. The molecule has 126 valence electrons. The van der Waals surface area contributed by atoms with Gasteiger partial charge in [-0.3, -0.25) is 0 Å². The van der Waals surface area contributed by atoms with Crippen molar-refractivity contribution in [3.63, 3.8) is 0 Å². The van der Waals surface area contributed by atoms with Crippen LogP contribution in [-0.4, -0.2) is 25.7 Å². The number of nitrogens with one attached hydrogen (secondary N) is 1. The Labute approximate surface area is 141 Å². The fraction of sp³-hybridized carbons (Fsp3) is 0.278. The van der Waals surface area contributed by atoms with E-state index in [1.165, 1.54) is 0 Å². The Morgan fingerprint density at radius 2 is 1.83 bits per heavy atom. The summed E-state index contributed by atoms with van der Waals surface area (Å²) in [5, 5.41) is 0. The van der Waals surface area contributed by atoms with Gasteiger partial charge in [-0.2, -0.15) is 0 Å². The Kier molecular flexibility index (Phi) is 4.97. The van der Waals surface area contributed by atoms with Crippen LogP contribution >= 0.6 is 0 Å².